The van der Waals surface area contributed by atoms with Gasteiger partial charge < -0.3 is 20.9 Å². The van der Waals surface area contributed by atoms with E-state index in [2.05, 4.69) is 40.3 Å². The van der Waals surface area contributed by atoms with Crippen LogP contribution in [0.1, 0.15) is 5.56 Å². The number of nitrogens with two attached hydrogens (primary N) is 1. The standard InChI is InChI=1S/C18H27N5O/c1-22-7-8-23(2)14(12-22)11-21-18(24)16(19)9-13-10-20-17-6-4-3-5-15(13)17/h3-6,10,14,16,20H,7-9,11-12,19H2,1-2H3,(H,21,24)/t14?,16-/m0/s1. The molecule has 6 nitrogen and oxygen atoms in total. The van der Waals surface area contributed by atoms with Crippen LogP contribution in [-0.2, 0) is 11.2 Å². The van der Waals surface area contributed by atoms with E-state index in [1.54, 1.807) is 0 Å². The predicted octanol–water partition coefficient (Wildman–Crippen LogP) is 0.400. The topological polar surface area (TPSA) is 77.4 Å². The number of carbonyl (C=O) groups is 1. The Hall–Kier alpha value is -1.89. The van der Waals surface area contributed by atoms with E-state index in [4.69, 9.17) is 5.73 Å². The van der Waals surface area contributed by atoms with E-state index in [0.29, 0.717) is 19.0 Å². The lowest BCUT2D eigenvalue weighted by molar-refractivity contribution is -0.122. The molecule has 1 fully saturated rings. The van der Waals surface area contributed by atoms with E-state index in [0.717, 1.165) is 36.1 Å². The second-order valence-electron chi connectivity index (χ2n) is 6.81. The molecule has 1 aliphatic rings. The van der Waals surface area contributed by atoms with Gasteiger partial charge in [-0.25, -0.2) is 0 Å². The first-order chi connectivity index (χ1) is 11.5. The Balaban J connectivity index is 1.55. The van der Waals surface area contributed by atoms with Gasteiger partial charge in [0.15, 0.2) is 0 Å². The van der Waals surface area contributed by atoms with Crippen LogP contribution in [-0.4, -0.2) is 73.0 Å². The van der Waals surface area contributed by atoms with Gasteiger partial charge in [-0.3, -0.25) is 9.69 Å². The Morgan fingerprint density at radius 2 is 2.17 bits per heavy atom. The van der Waals surface area contributed by atoms with Crippen molar-refractivity contribution in [3.63, 3.8) is 0 Å². The summed E-state index contributed by atoms with van der Waals surface area (Å²) in [6.07, 6.45) is 2.48. The summed E-state index contributed by atoms with van der Waals surface area (Å²) in [5.74, 6) is -0.0816. The van der Waals surface area contributed by atoms with Crippen molar-refractivity contribution in [1.29, 1.82) is 0 Å². The predicted molar refractivity (Wildman–Crippen MR) is 96.9 cm³/mol. The smallest absolute Gasteiger partial charge is 0.237 e. The van der Waals surface area contributed by atoms with Gasteiger partial charge in [0.1, 0.15) is 0 Å². The molecule has 1 saturated heterocycles. The molecule has 0 aliphatic carbocycles. The Morgan fingerprint density at radius 3 is 3.00 bits per heavy atom. The minimum absolute atomic E-state index is 0.0816. The number of carbonyl (C=O) groups excluding carboxylic acids is 1. The molecule has 1 amide bonds. The van der Waals surface area contributed by atoms with Crippen molar-refractivity contribution in [2.24, 2.45) is 5.73 Å². The Morgan fingerprint density at radius 1 is 1.38 bits per heavy atom. The first kappa shape index (κ1) is 17.0. The molecule has 0 bridgehead atoms. The highest BCUT2D eigenvalue weighted by Crippen LogP contribution is 2.18. The molecule has 130 valence electrons. The van der Waals surface area contributed by atoms with Gasteiger partial charge in [-0.1, -0.05) is 18.2 Å². The van der Waals surface area contributed by atoms with Crippen LogP contribution in [0.5, 0.6) is 0 Å². The van der Waals surface area contributed by atoms with Crippen molar-refractivity contribution < 1.29 is 4.79 Å². The van der Waals surface area contributed by atoms with E-state index >= 15 is 0 Å². The normalized spacial score (nSPS) is 21.0. The number of likely N-dealkylation sites (N-methyl/N-ethyl adjacent to an activating group) is 2. The van der Waals surface area contributed by atoms with Crippen molar-refractivity contribution >= 4 is 16.8 Å². The maximum Gasteiger partial charge on any atom is 0.237 e. The van der Waals surface area contributed by atoms with E-state index in [1.165, 1.54) is 0 Å². The van der Waals surface area contributed by atoms with Gasteiger partial charge >= 0.3 is 0 Å². The van der Waals surface area contributed by atoms with Crippen LogP contribution < -0.4 is 11.1 Å². The van der Waals surface area contributed by atoms with Crippen LogP contribution in [0.25, 0.3) is 10.9 Å². The number of fused-ring (bicyclic) bond motifs is 1. The fourth-order valence-electron chi connectivity index (χ4n) is 3.30. The number of hydrogen-bond donors (Lipinski definition) is 3. The lowest BCUT2D eigenvalue weighted by atomic mass is 10.0. The lowest BCUT2D eigenvalue weighted by Crippen LogP contribution is -2.55. The molecule has 4 N–H and O–H groups in total. The van der Waals surface area contributed by atoms with Gasteiger partial charge in [0.25, 0.3) is 0 Å². The maximum absolute atomic E-state index is 12.4. The Kier molecular flexibility index (Phi) is 5.18. The third kappa shape index (κ3) is 3.77. The third-order valence-corrected chi connectivity index (χ3v) is 4.94. The zero-order chi connectivity index (χ0) is 17.1. The van der Waals surface area contributed by atoms with Crippen LogP contribution >= 0.6 is 0 Å². The highest BCUT2D eigenvalue weighted by molar-refractivity contribution is 5.86. The molecule has 0 saturated carbocycles. The van der Waals surface area contributed by atoms with Gasteiger partial charge in [-0.05, 0) is 32.1 Å². The Labute approximate surface area is 143 Å². The van der Waals surface area contributed by atoms with E-state index in [1.807, 2.05) is 24.4 Å². The summed E-state index contributed by atoms with van der Waals surface area (Å²) in [6.45, 7) is 3.70. The van der Waals surface area contributed by atoms with Crippen molar-refractivity contribution in [3.05, 3.63) is 36.0 Å². The van der Waals surface area contributed by atoms with Crippen molar-refractivity contribution in [3.8, 4) is 0 Å². The average molecular weight is 329 g/mol. The van der Waals surface area contributed by atoms with Crippen molar-refractivity contribution in [2.45, 2.75) is 18.5 Å². The number of aromatic amines is 1. The number of hydrogen-bond acceptors (Lipinski definition) is 4. The van der Waals surface area contributed by atoms with Gasteiger partial charge in [0.05, 0.1) is 6.04 Å². The molecule has 24 heavy (non-hydrogen) atoms. The summed E-state index contributed by atoms with van der Waals surface area (Å²) in [6, 6.07) is 7.88. The van der Waals surface area contributed by atoms with E-state index in [9.17, 15) is 4.79 Å². The van der Waals surface area contributed by atoms with Crippen LogP contribution in [0.4, 0.5) is 0 Å². The largest absolute Gasteiger partial charge is 0.361 e. The summed E-state index contributed by atoms with van der Waals surface area (Å²) in [5, 5.41) is 4.15. The summed E-state index contributed by atoms with van der Waals surface area (Å²) >= 11 is 0. The fraction of sp³-hybridized carbons (Fsp3) is 0.500. The summed E-state index contributed by atoms with van der Waals surface area (Å²) in [4.78, 5) is 20.2. The highest BCUT2D eigenvalue weighted by Gasteiger charge is 2.23. The molecule has 1 unspecified atom stereocenters. The SMILES string of the molecule is CN1CCN(C)C(CNC(=O)[C@@H](N)Cc2c[nH]c3ccccc23)C1. The van der Waals surface area contributed by atoms with Gasteiger partial charge in [-0.15, -0.1) is 0 Å². The third-order valence-electron chi connectivity index (χ3n) is 4.94. The second-order valence-corrected chi connectivity index (χ2v) is 6.81. The van der Waals surface area contributed by atoms with Crippen LogP contribution in [0.15, 0.2) is 30.5 Å². The van der Waals surface area contributed by atoms with Gasteiger partial charge in [-0.2, -0.15) is 0 Å². The first-order valence-corrected chi connectivity index (χ1v) is 8.51. The number of aromatic nitrogens is 1. The summed E-state index contributed by atoms with van der Waals surface area (Å²) < 4.78 is 0. The summed E-state index contributed by atoms with van der Waals surface area (Å²) in [7, 11) is 4.22. The number of rotatable bonds is 5. The van der Waals surface area contributed by atoms with Crippen LogP contribution in [0.3, 0.4) is 0 Å². The number of para-hydroxylation sites is 1. The molecule has 6 heteroatoms. The molecule has 0 spiro atoms. The van der Waals surface area contributed by atoms with E-state index in [-0.39, 0.29) is 5.91 Å². The molecule has 1 aromatic heterocycles. The van der Waals surface area contributed by atoms with E-state index < -0.39 is 6.04 Å². The fourth-order valence-corrected chi connectivity index (χ4v) is 3.30. The quantitative estimate of drug-likeness (QED) is 0.742. The zero-order valence-electron chi connectivity index (χ0n) is 14.5. The van der Waals surface area contributed by atoms with Crippen molar-refractivity contribution in [2.75, 3.05) is 40.3 Å². The first-order valence-electron chi connectivity index (χ1n) is 8.51. The van der Waals surface area contributed by atoms with Gasteiger partial charge in [0, 0.05) is 49.3 Å². The van der Waals surface area contributed by atoms with Gasteiger partial charge in [0.2, 0.25) is 5.91 Å². The van der Waals surface area contributed by atoms with Crippen LogP contribution in [0, 0.1) is 0 Å². The number of amides is 1. The molecular formula is C18H27N5O. The minimum Gasteiger partial charge on any atom is -0.361 e. The molecule has 2 aromatic rings. The number of piperazine rings is 1. The minimum atomic E-state index is -0.532. The molecule has 1 aliphatic heterocycles. The number of benzene rings is 1. The Bertz CT molecular complexity index is 698. The molecule has 3 rings (SSSR count). The summed E-state index contributed by atoms with van der Waals surface area (Å²) in [5.41, 5.74) is 8.29. The number of nitrogens with zero attached hydrogens (tertiary/aromatic N) is 2. The monoisotopic (exact) mass is 329 g/mol. The molecule has 1 aromatic carbocycles. The second kappa shape index (κ2) is 7.34. The van der Waals surface area contributed by atoms with Crippen molar-refractivity contribution in [1.82, 2.24) is 20.1 Å². The highest BCUT2D eigenvalue weighted by atomic mass is 16.2. The molecule has 2 atom stereocenters. The number of nitrogens with one attached hydrogen (secondary N) is 2. The molecular weight excluding hydrogens is 302 g/mol. The van der Waals surface area contributed by atoms with Crippen LogP contribution in [0.2, 0.25) is 0 Å². The number of H-pyrrole nitrogens is 1. The average Bonchev–Trinajstić information content (AvgIpc) is 2.98. The zero-order valence-corrected chi connectivity index (χ0v) is 14.5. The lowest BCUT2D eigenvalue weighted by Gasteiger charge is -2.37. The molecule has 2 heterocycles. The maximum atomic E-state index is 12.4. The molecule has 0 radical (unpaired) electrons.